The number of aromatic nitrogens is 2. The first kappa shape index (κ1) is 14.4. The van der Waals surface area contributed by atoms with Crippen LogP contribution in [0.4, 0.5) is 5.82 Å². The summed E-state index contributed by atoms with van der Waals surface area (Å²) in [5, 5.41) is 0.386. The number of anilines is 1. The lowest BCUT2D eigenvalue weighted by Crippen LogP contribution is -2.26. The van der Waals surface area contributed by atoms with Gasteiger partial charge in [-0.3, -0.25) is 0 Å². The molecule has 1 aromatic rings. The summed E-state index contributed by atoms with van der Waals surface area (Å²) in [5.74, 6) is 2.96. The molecule has 0 radical (unpaired) electrons. The van der Waals surface area contributed by atoms with Gasteiger partial charge < -0.3 is 9.64 Å². The second-order valence-electron chi connectivity index (χ2n) is 5.44. The van der Waals surface area contributed by atoms with Gasteiger partial charge >= 0.3 is 0 Å². The Morgan fingerprint density at radius 3 is 2.79 bits per heavy atom. The zero-order chi connectivity index (χ0) is 13.8. The third kappa shape index (κ3) is 3.30. The first-order valence-electron chi connectivity index (χ1n) is 6.93. The van der Waals surface area contributed by atoms with Crippen LogP contribution in [0.25, 0.3) is 0 Å². The predicted octanol–water partition coefficient (Wildman–Crippen LogP) is 3.40. The van der Waals surface area contributed by atoms with Crippen molar-refractivity contribution >= 4 is 17.4 Å². The zero-order valence-corrected chi connectivity index (χ0v) is 12.7. The molecule has 1 unspecified atom stereocenters. The van der Waals surface area contributed by atoms with Crippen molar-refractivity contribution in [1.82, 2.24) is 9.97 Å². The Kier molecular flexibility index (Phi) is 4.86. The van der Waals surface area contributed by atoms with E-state index < -0.39 is 0 Å². The van der Waals surface area contributed by atoms with Gasteiger partial charge in [-0.2, -0.15) is 0 Å². The number of halogens is 1. The van der Waals surface area contributed by atoms with Gasteiger partial charge in [0.25, 0.3) is 0 Å². The summed E-state index contributed by atoms with van der Waals surface area (Å²) in [6.45, 7) is 6.63. The molecule has 0 saturated carbocycles. The molecule has 0 bridgehead atoms. The summed E-state index contributed by atoms with van der Waals surface area (Å²) in [5.41, 5.74) is 0. The van der Waals surface area contributed by atoms with Crippen LogP contribution in [0, 0.1) is 11.8 Å². The number of hydrogen-bond donors (Lipinski definition) is 0. The average molecular weight is 284 g/mol. The van der Waals surface area contributed by atoms with Gasteiger partial charge in [0.2, 0.25) is 0 Å². The highest BCUT2D eigenvalue weighted by Crippen LogP contribution is 2.34. The van der Waals surface area contributed by atoms with E-state index in [9.17, 15) is 0 Å². The summed E-state index contributed by atoms with van der Waals surface area (Å²) < 4.78 is 5.35. The normalized spacial score (nSPS) is 20.5. The van der Waals surface area contributed by atoms with Crippen LogP contribution in [-0.2, 0) is 0 Å². The molecule has 0 N–H and O–H groups in total. The number of hydrogen-bond acceptors (Lipinski definition) is 4. The molecule has 0 amide bonds. The maximum absolute atomic E-state index is 6.07. The lowest BCUT2D eigenvalue weighted by Gasteiger charge is -2.24. The Labute approximate surface area is 120 Å². The Morgan fingerprint density at radius 1 is 1.32 bits per heavy atom. The fourth-order valence-electron chi connectivity index (χ4n) is 2.75. The van der Waals surface area contributed by atoms with E-state index in [1.54, 1.807) is 7.11 Å². The molecular weight excluding hydrogens is 262 g/mol. The molecule has 1 aromatic heterocycles. The molecule has 1 fully saturated rings. The smallest absolute Gasteiger partial charge is 0.199 e. The standard InChI is InChI=1S/C14H22ClN3O/c1-10(2)11-5-4-7-18(8-6-11)14-12(19-3)13(15)16-9-17-14/h9-11H,4-8H2,1-3H3. The van der Waals surface area contributed by atoms with Gasteiger partial charge in [0.05, 0.1) is 7.11 Å². The zero-order valence-electron chi connectivity index (χ0n) is 11.9. The van der Waals surface area contributed by atoms with Crippen molar-refractivity contribution in [3.8, 4) is 5.75 Å². The third-order valence-electron chi connectivity index (χ3n) is 3.96. The first-order chi connectivity index (χ1) is 9.13. The van der Waals surface area contributed by atoms with E-state index in [0.29, 0.717) is 10.9 Å². The summed E-state index contributed by atoms with van der Waals surface area (Å²) in [7, 11) is 1.61. The average Bonchev–Trinajstić information content (AvgIpc) is 2.64. The van der Waals surface area contributed by atoms with Crippen molar-refractivity contribution in [2.75, 3.05) is 25.1 Å². The summed E-state index contributed by atoms with van der Waals surface area (Å²) in [6, 6.07) is 0. The highest BCUT2D eigenvalue weighted by Gasteiger charge is 2.23. The van der Waals surface area contributed by atoms with Crippen LogP contribution >= 0.6 is 11.6 Å². The maximum atomic E-state index is 6.07. The Morgan fingerprint density at radius 2 is 2.11 bits per heavy atom. The van der Waals surface area contributed by atoms with E-state index in [4.69, 9.17) is 16.3 Å². The van der Waals surface area contributed by atoms with E-state index in [-0.39, 0.29) is 0 Å². The molecule has 4 nitrogen and oxygen atoms in total. The molecule has 2 heterocycles. The van der Waals surface area contributed by atoms with Gasteiger partial charge in [0, 0.05) is 13.1 Å². The molecule has 0 spiro atoms. The SMILES string of the molecule is COc1c(Cl)ncnc1N1CCCC(C(C)C)CC1. The molecule has 1 atom stereocenters. The number of rotatable bonds is 3. The van der Waals surface area contributed by atoms with Crippen LogP contribution in [0.5, 0.6) is 5.75 Å². The largest absolute Gasteiger partial charge is 0.490 e. The fourth-order valence-corrected chi connectivity index (χ4v) is 2.95. The second-order valence-corrected chi connectivity index (χ2v) is 5.80. The van der Waals surface area contributed by atoms with Crippen LogP contribution in [-0.4, -0.2) is 30.2 Å². The van der Waals surface area contributed by atoms with Crippen LogP contribution in [0.3, 0.4) is 0 Å². The van der Waals surface area contributed by atoms with E-state index in [0.717, 1.165) is 30.7 Å². The minimum Gasteiger partial charge on any atom is -0.490 e. The Bertz CT molecular complexity index is 425. The van der Waals surface area contributed by atoms with Crippen LogP contribution in [0.2, 0.25) is 5.15 Å². The number of ether oxygens (including phenoxy) is 1. The molecule has 1 aliphatic heterocycles. The van der Waals surface area contributed by atoms with Crippen LogP contribution in [0.15, 0.2) is 6.33 Å². The van der Waals surface area contributed by atoms with Gasteiger partial charge in [-0.15, -0.1) is 0 Å². The minimum atomic E-state index is 0.386. The van der Waals surface area contributed by atoms with Gasteiger partial charge in [0.1, 0.15) is 6.33 Å². The van der Waals surface area contributed by atoms with Crippen molar-refractivity contribution < 1.29 is 4.74 Å². The minimum absolute atomic E-state index is 0.386. The number of nitrogens with zero attached hydrogens (tertiary/aromatic N) is 3. The fraction of sp³-hybridized carbons (Fsp3) is 0.714. The molecule has 19 heavy (non-hydrogen) atoms. The van der Waals surface area contributed by atoms with Crippen LogP contribution in [0.1, 0.15) is 33.1 Å². The van der Waals surface area contributed by atoms with Gasteiger partial charge in [-0.05, 0) is 31.1 Å². The van der Waals surface area contributed by atoms with E-state index in [1.807, 2.05) is 0 Å². The quantitative estimate of drug-likeness (QED) is 0.797. The van der Waals surface area contributed by atoms with E-state index in [2.05, 4.69) is 28.7 Å². The monoisotopic (exact) mass is 283 g/mol. The van der Waals surface area contributed by atoms with Crippen molar-refractivity contribution in [3.63, 3.8) is 0 Å². The lowest BCUT2D eigenvalue weighted by molar-refractivity contribution is 0.351. The van der Waals surface area contributed by atoms with E-state index >= 15 is 0 Å². The molecule has 2 rings (SSSR count). The summed E-state index contributed by atoms with van der Waals surface area (Å²) in [6.07, 6.45) is 5.18. The van der Waals surface area contributed by atoms with Gasteiger partial charge in [-0.25, -0.2) is 9.97 Å². The highest BCUT2D eigenvalue weighted by atomic mass is 35.5. The molecule has 1 saturated heterocycles. The topological polar surface area (TPSA) is 38.3 Å². The lowest BCUT2D eigenvalue weighted by atomic mass is 9.89. The summed E-state index contributed by atoms with van der Waals surface area (Å²) >= 11 is 6.07. The second kappa shape index (κ2) is 6.42. The molecule has 106 valence electrons. The molecule has 5 heteroatoms. The molecule has 0 aliphatic carbocycles. The molecule has 1 aliphatic rings. The molecule has 0 aromatic carbocycles. The van der Waals surface area contributed by atoms with Crippen molar-refractivity contribution in [2.24, 2.45) is 11.8 Å². The number of methoxy groups -OCH3 is 1. The Hall–Kier alpha value is -1.03. The highest BCUT2D eigenvalue weighted by molar-refractivity contribution is 6.31. The van der Waals surface area contributed by atoms with Crippen molar-refractivity contribution in [3.05, 3.63) is 11.5 Å². The predicted molar refractivity (Wildman–Crippen MR) is 78.0 cm³/mol. The summed E-state index contributed by atoms with van der Waals surface area (Å²) in [4.78, 5) is 10.6. The first-order valence-corrected chi connectivity index (χ1v) is 7.30. The maximum Gasteiger partial charge on any atom is 0.199 e. The van der Waals surface area contributed by atoms with Gasteiger partial charge in [0.15, 0.2) is 16.7 Å². The Balaban J connectivity index is 2.16. The van der Waals surface area contributed by atoms with Crippen molar-refractivity contribution in [1.29, 1.82) is 0 Å². The third-order valence-corrected chi connectivity index (χ3v) is 4.23. The van der Waals surface area contributed by atoms with Gasteiger partial charge in [-0.1, -0.05) is 25.4 Å². The molecular formula is C14H22ClN3O. The van der Waals surface area contributed by atoms with Crippen molar-refractivity contribution in [2.45, 2.75) is 33.1 Å². The van der Waals surface area contributed by atoms with E-state index in [1.165, 1.54) is 25.6 Å². The van der Waals surface area contributed by atoms with Crippen LogP contribution < -0.4 is 9.64 Å².